The maximum atomic E-state index is 12.2. The topological polar surface area (TPSA) is 96.4 Å². The van der Waals surface area contributed by atoms with E-state index in [-0.39, 0.29) is 16.3 Å². The van der Waals surface area contributed by atoms with Crippen LogP contribution >= 0.6 is 0 Å². The van der Waals surface area contributed by atoms with Gasteiger partial charge in [-0.3, -0.25) is 20.5 Å². The minimum absolute atomic E-state index is 0.112. The summed E-state index contributed by atoms with van der Waals surface area (Å²) in [6, 6.07) is 12.6. The molecule has 7 heteroatoms. The Morgan fingerprint density at radius 3 is 2.41 bits per heavy atom. The van der Waals surface area contributed by atoms with E-state index < -0.39 is 21.4 Å². The molecule has 0 bridgehead atoms. The predicted molar refractivity (Wildman–Crippen MR) is 80.1 cm³/mol. The zero-order valence-corrected chi connectivity index (χ0v) is 12.3. The molecule has 0 fully saturated rings. The Balaban J connectivity index is 2.22. The van der Waals surface area contributed by atoms with E-state index in [1.54, 1.807) is 35.8 Å². The van der Waals surface area contributed by atoms with Crippen LogP contribution in [-0.4, -0.2) is 30.1 Å². The molecule has 2 aromatic rings. The molecule has 0 atom stereocenters. The SMILES string of the molecule is O=C(/C=C(\CS(=O)(=O)c1ccccc1)NO)c1ccccn1. The van der Waals surface area contributed by atoms with Crippen molar-refractivity contribution in [2.75, 3.05) is 5.75 Å². The second kappa shape index (κ2) is 6.97. The molecule has 1 aromatic carbocycles. The highest BCUT2D eigenvalue weighted by molar-refractivity contribution is 7.91. The summed E-state index contributed by atoms with van der Waals surface area (Å²) in [6.45, 7) is 0. The first kappa shape index (κ1) is 15.9. The van der Waals surface area contributed by atoms with Crippen molar-refractivity contribution in [2.24, 2.45) is 0 Å². The number of rotatable bonds is 6. The second-order valence-corrected chi connectivity index (χ2v) is 6.42. The van der Waals surface area contributed by atoms with Gasteiger partial charge in [0, 0.05) is 12.3 Å². The molecule has 0 unspecified atom stereocenters. The van der Waals surface area contributed by atoms with E-state index >= 15 is 0 Å². The number of benzene rings is 1. The first-order valence-corrected chi connectivity index (χ1v) is 8.02. The number of nitrogens with one attached hydrogen (secondary N) is 1. The van der Waals surface area contributed by atoms with Gasteiger partial charge in [-0.2, -0.15) is 0 Å². The van der Waals surface area contributed by atoms with Gasteiger partial charge in [0.15, 0.2) is 9.84 Å². The van der Waals surface area contributed by atoms with Crippen molar-refractivity contribution in [1.29, 1.82) is 0 Å². The maximum Gasteiger partial charge on any atom is 0.205 e. The van der Waals surface area contributed by atoms with E-state index in [2.05, 4.69) is 4.98 Å². The lowest BCUT2D eigenvalue weighted by Crippen LogP contribution is -2.19. The van der Waals surface area contributed by atoms with E-state index in [4.69, 9.17) is 5.21 Å². The van der Waals surface area contributed by atoms with Crippen molar-refractivity contribution in [3.05, 3.63) is 72.2 Å². The van der Waals surface area contributed by atoms with Gasteiger partial charge in [0.1, 0.15) is 5.69 Å². The van der Waals surface area contributed by atoms with Gasteiger partial charge in [0.05, 0.1) is 16.3 Å². The molecule has 6 nitrogen and oxygen atoms in total. The Kier molecular flexibility index (Phi) is 5.03. The number of nitrogens with zero attached hydrogens (tertiary/aromatic N) is 1. The van der Waals surface area contributed by atoms with Crippen molar-refractivity contribution in [3.8, 4) is 0 Å². The van der Waals surface area contributed by atoms with Crippen LogP contribution in [0.4, 0.5) is 0 Å². The van der Waals surface area contributed by atoms with Crippen LogP contribution in [0.1, 0.15) is 10.5 Å². The highest BCUT2D eigenvalue weighted by atomic mass is 32.2. The lowest BCUT2D eigenvalue weighted by Gasteiger charge is -2.07. The Labute approximate surface area is 128 Å². The maximum absolute atomic E-state index is 12.2. The van der Waals surface area contributed by atoms with Gasteiger partial charge >= 0.3 is 0 Å². The molecular weight excluding hydrogens is 304 g/mol. The number of aromatic nitrogens is 1. The molecule has 0 saturated carbocycles. The normalized spacial score (nSPS) is 12.0. The van der Waals surface area contributed by atoms with Gasteiger partial charge in [-0.05, 0) is 24.3 Å². The fraction of sp³-hybridized carbons (Fsp3) is 0.0667. The van der Waals surface area contributed by atoms with E-state index in [9.17, 15) is 13.2 Å². The number of carbonyl (C=O) groups is 1. The number of ketones is 1. The monoisotopic (exact) mass is 318 g/mol. The largest absolute Gasteiger partial charge is 0.291 e. The lowest BCUT2D eigenvalue weighted by atomic mass is 10.2. The standard InChI is InChI=1S/C15H14N2O4S/c18-15(14-8-4-5-9-16-14)10-12(17-19)11-22(20,21)13-6-2-1-3-7-13/h1-10,17,19H,11H2/b12-10+. The van der Waals surface area contributed by atoms with Crippen LogP contribution < -0.4 is 5.48 Å². The fourth-order valence-electron chi connectivity index (χ4n) is 1.76. The molecule has 22 heavy (non-hydrogen) atoms. The van der Waals surface area contributed by atoms with Gasteiger partial charge in [0.2, 0.25) is 5.78 Å². The zero-order valence-electron chi connectivity index (χ0n) is 11.5. The average molecular weight is 318 g/mol. The van der Waals surface area contributed by atoms with Crippen molar-refractivity contribution < 1.29 is 18.4 Å². The molecule has 114 valence electrons. The third kappa shape index (κ3) is 4.00. The minimum Gasteiger partial charge on any atom is -0.291 e. The quantitative estimate of drug-likeness (QED) is 0.477. The summed E-state index contributed by atoms with van der Waals surface area (Å²) in [5.41, 5.74) is 1.80. The number of pyridine rings is 1. The lowest BCUT2D eigenvalue weighted by molar-refractivity contribution is 0.103. The fourth-order valence-corrected chi connectivity index (χ4v) is 3.06. The number of hydroxylamine groups is 1. The molecule has 0 radical (unpaired) electrons. The van der Waals surface area contributed by atoms with Gasteiger partial charge in [-0.1, -0.05) is 24.3 Å². The van der Waals surface area contributed by atoms with Gasteiger partial charge < -0.3 is 0 Å². The molecule has 0 aliphatic carbocycles. The van der Waals surface area contributed by atoms with Gasteiger partial charge in [0.25, 0.3) is 0 Å². The molecule has 0 aliphatic heterocycles. The first-order valence-electron chi connectivity index (χ1n) is 6.37. The van der Waals surface area contributed by atoms with Crippen molar-refractivity contribution in [3.63, 3.8) is 0 Å². The third-order valence-corrected chi connectivity index (χ3v) is 4.50. The van der Waals surface area contributed by atoms with E-state index in [1.807, 2.05) is 0 Å². The molecule has 1 aromatic heterocycles. The summed E-state index contributed by atoms with van der Waals surface area (Å²) in [5, 5.41) is 9.08. The Bertz CT molecular complexity index is 772. The average Bonchev–Trinajstić information content (AvgIpc) is 2.55. The summed E-state index contributed by atoms with van der Waals surface area (Å²) in [5.74, 6) is -1.02. The van der Waals surface area contributed by atoms with Crippen LogP contribution in [0, 0.1) is 0 Å². The Morgan fingerprint density at radius 1 is 1.14 bits per heavy atom. The molecular formula is C15H14N2O4S. The molecule has 0 saturated heterocycles. The van der Waals surface area contributed by atoms with Crippen LogP contribution in [0.3, 0.4) is 0 Å². The zero-order chi connectivity index (χ0) is 16.0. The summed E-state index contributed by atoms with van der Waals surface area (Å²) in [4.78, 5) is 15.9. The highest BCUT2D eigenvalue weighted by Gasteiger charge is 2.17. The molecule has 2 rings (SSSR count). The van der Waals surface area contributed by atoms with Crippen LogP contribution in [-0.2, 0) is 9.84 Å². The predicted octanol–water partition coefficient (Wildman–Crippen LogP) is 1.60. The minimum atomic E-state index is -3.66. The number of carbonyl (C=O) groups excluding carboxylic acids is 1. The Hall–Kier alpha value is -2.51. The molecule has 0 spiro atoms. The van der Waals surface area contributed by atoms with Crippen LogP contribution in [0.25, 0.3) is 0 Å². The Morgan fingerprint density at radius 2 is 1.82 bits per heavy atom. The smallest absolute Gasteiger partial charge is 0.205 e. The van der Waals surface area contributed by atoms with Crippen LogP contribution in [0.15, 0.2) is 71.4 Å². The van der Waals surface area contributed by atoms with Crippen LogP contribution in [0.2, 0.25) is 0 Å². The number of hydrogen-bond donors (Lipinski definition) is 2. The van der Waals surface area contributed by atoms with E-state index in [0.29, 0.717) is 0 Å². The molecule has 0 amide bonds. The highest BCUT2D eigenvalue weighted by Crippen LogP contribution is 2.13. The number of allylic oxidation sites excluding steroid dienone is 1. The van der Waals surface area contributed by atoms with Crippen molar-refractivity contribution in [1.82, 2.24) is 10.5 Å². The van der Waals surface area contributed by atoms with Gasteiger partial charge in [-0.25, -0.2) is 8.42 Å². The van der Waals surface area contributed by atoms with E-state index in [0.717, 1.165) is 6.08 Å². The molecule has 2 N–H and O–H groups in total. The van der Waals surface area contributed by atoms with Crippen molar-refractivity contribution in [2.45, 2.75) is 4.90 Å². The summed E-state index contributed by atoms with van der Waals surface area (Å²) < 4.78 is 24.4. The first-order chi connectivity index (χ1) is 10.5. The second-order valence-electron chi connectivity index (χ2n) is 4.43. The number of sulfone groups is 1. The molecule has 1 heterocycles. The summed E-state index contributed by atoms with van der Waals surface area (Å²) in [6.07, 6.45) is 2.47. The van der Waals surface area contributed by atoms with E-state index in [1.165, 1.54) is 24.4 Å². The third-order valence-electron chi connectivity index (χ3n) is 2.81. The van der Waals surface area contributed by atoms with Crippen LogP contribution in [0.5, 0.6) is 0 Å². The summed E-state index contributed by atoms with van der Waals surface area (Å²) >= 11 is 0. The van der Waals surface area contributed by atoms with Gasteiger partial charge in [-0.15, -0.1) is 0 Å². The number of hydrogen-bond acceptors (Lipinski definition) is 6. The summed E-state index contributed by atoms with van der Waals surface area (Å²) in [7, 11) is -3.66. The van der Waals surface area contributed by atoms with Crippen molar-refractivity contribution >= 4 is 15.6 Å². The molecule has 0 aliphatic rings.